The van der Waals surface area contributed by atoms with E-state index in [1.807, 2.05) is 0 Å². The Balaban J connectivity index is 3.22. The molecular formula is C13H16O6. The quantitative estimate of drug-likeness (QED) is 0.758. The van der Waals surface area contributed by atoms with Crippen molar-refractivity contribution in [2.24, 2.45) is 5.41 Å². The number of carbonyl (C=O) groups is 2. The second-order valence-electron chi connectivity index (χ2n) is 4.30. The average molecular weight is 268 g/mol. The van der Waals surface area contributed by atoms with Gasteiger partial charge in [0.25, 0.3) is 0 Å². The lowest BCUT2D eigenvalue weighted by atomic mass is 9.83. The Morgan fingerprint density at radius 2 is 1.74 bits per heavy atom. The number of ether oxygens (including phenoxy) is 2. The summed E-state index contributed by atoms with van der Waals surface area (Å²) in [6.45, 7) is 1.16. The van der Waals surface area contributed by atoms with Gasteiger partial charge in [0, 0.05) is 6.42 Å². The highest BCUT2D eigenvalue weighted by Crippen LogP contribution is 2.31. The number of rotatable bonds is 6. The van der Waals surface area contributed by atoms with E-state index in [-0.39, 0.29) is 6.42 Å². The summed E-state index contributed by atoms with van der Waals surface area (Å²) in [7, 11) is 2.91. The predicted molar refractivity (Wildman–Crippen MR) is 66.6 cm³/mol. The smallest absolute Gasteiger partial charge is 0.321 e. The molecule has 0 heterocycles. The summed E-state index contributed by atoms with van der Waals surface area (Å²) >= 11 is 0. The van der Waals surface area contributed by atoms with Gasteiger partial charge < -0.3 is 19.7 Å². The van der Waals surface area contributed by atoms with Gasteiger partial charge in [0.05, 0.1) is 14.2 Å². The molecule has 0 aromatic heterocycles. The maximum absolute atomic E-state index is 11.2. The number of benzene rings is 1. The first kappa shape index (κ1) is 14.8. The van der Waals surface area contributed by atoms with E-state index in [1.54, 1.807) is 18.2 Å². The number of carboxylic acids is 2. The summed E-state index contributed by atoms with van der Waals surface area (Å²) in [6, 6.07) is 4.84. The third kappa shape index (κ3) is 2.96. The number of methoxy groups -OCH3 is 2. The molecule has 0 aliphatic rings. The van der Waals surface area contributed by atoms with Gasteiger partial charge in [-0.2, -0.15) is 0 Å². The van der Waals surface area contributed by atoms with Crippen LogP contribution < -0.4 is 9.47 Å². The van der Waals surface area contributed by atoms with Gasteiger partial charge in [0.1, 0.15) is 11.5 Å². The highest BCUT2D eigenvalue weighted by Gasteiger charge is 2.42. The average Bonchev–Trinajstić information content (AvgIpc) is 2.37. The molecule has 0 fully saturated rings. The zero-order chi connectivity index (χ0) is 14.6. The van der Waals surface area contributed by atoms with Gasteiger partial charge in [-0.1, -0.05) is 0 Å². The normalized spacial score (nSPS) is 10.9. The molecule has 0 amide bonds. The van der Waals surface area contributed by atoms with E-state index in [2.05, 4.69) is 0 Å². The van der Waals surface area contributed by atoms with Crippen LogP contribution in [-0.2, 0) is 16.0 Å². The molecule has 0 bridgehead atoms. The van der Waals surface area contributed by atoms with Crippen LogP contribution in [0.2, 0.25) is 0 Å². The van der Waals surface area contributed by atoms with Crippen LogP contribution in [0, 0.1) is 5.41 Å². The molecule has 1 aromatic carbocycles. The topological polar surface area (TPSA) is 93.1 Å². The van der Waals surface area contributed by atoms with Crippen molar-refractivity contribution in [1.29, 1.82) is 0 Å². The highest BCUT2D eigenvalue weighted by atomic mass is 16.5. The number of hydrogen-bond donors (Lipinski definition) is 2. The monoisotopic (exact) mass is 268 g/mol. The molecular weight excluding hydrogens is 252 g/mol. The molecule has 6 heteroatoms. The van der Waals surface area contributed by atoms with E-state index in [9.17, 15) is 9.59 Å². The Morgan fingerprint density at radius 3 is 2.16 bits per heavy atom. The van der Waals surface area contributed by atoms with E-state index in [0.29, 0.717) is 17.1 Å². The largest absolute Gasteiger partial charge is 0.497 e. The minimum Gasteiger partial charge on any atom is -0.497 e. The molecule has 0 atom stereocenters. The summed E-state index contributed by atoms with van der Waals surface area (Å²) in [4.78, 5) is 22.3. The number of carboxylic acid groups (broad SMARTS) is 2. The molecule has 0 saturated heterocycles. The molecule has 0 aliphatic carbocycles. The molecule has 0 spiro atoms. The van der Waals surface area contributed by atoms with Gasteiger partial charge in [-0.25, -0.2) is 0 Å². The molecule has 0 aliphatic heterocycles. The lowest BCUT2D eigenvalue weighted by Gasteiger charge is -2.21. The third-order valence-electron chi connectivity index (χ3n) is 2.98. The zero-order valence-electron chi connectivity index (χ0n) is 11.0. The van der Waals surface area contributed by atoms with E-state index in [0.717, 1.165) is 6.92 Å². The Hall–Kier alpha value is -2.24. The van der Waals surface area contributed by atoms with Crippen LogP contribution in [-0.4, -0.2) is 36.4 Å². The maximum Gasteiger partial charge on any atom is 0.321 e. The summed E-state index contributed by atoms with van der Waals surface area (Å²) in [5.74, 6) is -1.86. The van der Waals surface area contributed by atoms with Crippen LogP contribution >= 0.6 is 0 Å². The molecule has 0 unspecified atom stereocenters. The van der Waals surface area contributed by atoms with Crippen molar-refractivity contribution in [2.45, 2.75) is 13.3 Å². The second kappa shape index (κ2) is 5.60. The van der Waals surface area contributed by atoms with Crippen molar-refractivity contribution < 1.29 is 29.3 Å². The zero-order valence-corrected chi connectivity index (χ0v) is 11.0. The van der Waals surface area contributed by atoms with Crippen molar-refractivity contribution in [2.75, 3.05) is 14.2 Å². The number of hydrogen-bond acceptors (Lipinski definition) is 4. The van der Waals surface area contributed by atoms with Crippen molar-refractivity contribution >= 4 is 11.9 Å². The van der Waals surface area contributed by atoms with Gasteiger partial charge in [-0.15, -0.1) is 0 Å². The van der Waals surface area contributed by atoms with Crippen molar-refractivity contribution in [3.63, 3.8) is 0 Å². The fourth-order valence-corrected chi connectivity index (χ4v) is 1.64. The first-order valence-corrected chi connectivity index (χ1v) is 5.53. The fourth-order valence-electron chi connectivity index (χ4n) is 1.64. The fraction of sp³-hybridized carbons (Fsp3) is 0.385. The van der Waals surface area contributed by atoms with Crippen LogP contribution in [0.1, 0.15) is 12.5 Å². The molecule has 1 rings (SSSR count). The molecule has 0 saturated carbocycles. The van der Waals surface area contributed by atoms with Crippen LogP contribution in [0.15, 0.2) is 18.2 Å². The minimum absolute atomic E-state index is 0.196. The lowest BCUT2D eigenvalue weighted by Crippen LogP contribution is -2.38. The van der Waals surface area contributed by atoms with Crippen LogP contribution in [0.4, 0.5) is 0 Å². The molecule has 2 N–H and O–H groups in total. The van der Waals surface area contributed by atoms with Crippen molar-refractivity contribution in [1.82, 2.24) is 0 Å². The van der Waals surface area contributed by atoms with Gasteiger partial charge in [-0.05, 0) is 30.7 Å². The van der Waals surface area contributed by atoms with Gasteiger partial charge in [0.15, 0.2) is 5.41 Å². The van der Waals surface area contributed by atoms with Crippen LogP contribution in [0.25, 0.3) is 0 Å². The lowest BCUT2D eigenvalue weighted by molar-refractivity contribution is -0.163. The minimum atomic E-state index is -1.92. The Bertz CT molecular complexity index is 480. The van der Waals surface area contributed by atoms with Crippen LogP contribution in [0.5, 0.6) is 11.5 Å². The molecule has 6 nitrogen and oxygen atoms in total. The predicted octanol–water partition coefficient (Wildman–Crippen LogP) is 1.42. The molecule has 1 aromatic rings. The summed E-state index contributed by atoms with van der Waals surface area (Å²) < 4.78 is 10.1. The van der Waals surface area contributed by atoms with Crippen molar-refractivity contribution in [3.8, 4) is 11.5 Å². The van der Waals surface area contributed by atoms with E-state index in [4.69, 9.17) is 19.7 Å². The molecule has 19 heavy (non-hydrogen) atoms. The summed E-state index contributed by atoms with van der Waals surface area (Å²) in [5.41, 5.74) is -1.45. The highest BCUT2D eigenvalue weighted by molar-refractivity contribution is 5.98. The molecule has 0 radical (unpaired) electrons. The Labute approximate surface area is 110 Å². The maximum atomic E-state index is 11.2. The first-order valence-electron chi connectivity index (χ1n) is 5.53. The van der Waals surface area contributed by atoms with Gasteiger partial charge in [-0.3, -0.25) is 9.59 Å². The number of aliphatic carboxylic acids is 2. The standard InChI is InChI=1S/C13H16O6/c1-13(11(14)15,12(16)17)7-8-6-9(18-2)4-5-10(8)19-3/h4-6H,7H2,1-3H3,(H,14,15)(H,16,17). The van der Waals surface area contributed by atoms with E-state index in [1.165, 1.54) is 14.2 Å². The Kier molecular flexibility index (Phi) is 4.37. The van der Waals surface area contributed by atoms with E-state index >= 15 is 0 Å². The summed E-state index contributed by atoms with van der Waals surface area (Å²) in [6.07, 6.45) is -0.196. The van der Waals surface area contributed by atoms with E-state index < -0.39 is 17.4 Å². The van der Waals surface area contributed by atoms with Gasteiger partial charge in [0.2, 0.25) is 0 Å². The Morgan fingerprint density at radius 1 is 1.16 bits per heavy atom. The van der Waals surface area contributed by atoms with Gasteiger partial charge >= 0.3 is 11.9 Å². The van der Waals surface area contributed by atoms with Crippen molar-refractivity contribution in [3.05, 3.63) is 23.8 Å². The second-order valence-corrected chi connectivity index (χ2v) is 4.30. The first-order chi connectivity index (χ1) is 8.85. The SMILES string of the molecule is COc1ccc(OC)c(CC(C)(C(=O)O)C(=O)O)c1. The molecule has 104 valence electrons. The third-order valence-corrected chi connectivity index (χ3v) is 2.98. The summed E-state index contributed by atoms with van der Waals surface area (Å²) in [5, 5.41) is 18.2. The van der Waals surface area contributed by atoms with Crippen LogP contribution in [0.3, 0.4) is 0 Å².